The topological polar surface area (TPSA) is 62.2 Å². The molecule has 0 radical (unpaired) electrons. The van der Waals surface area contributed by atoms with Crippen molar-refractivity contribution in [3.05, 3.63) is 125 Å². The molecule has 0 atom stereocenters. The molecule has 0 spiro atoms. The molecule has 2 N–H and O–H groups in total. The third-order valence-electron chi connectivity index (χ3n) is 6.35. The average molecular weight is 505 g/mol. The van der Waals surface area contributed by atoms with E-state index in [-0.39, 0.29) is 11.7 Å². The van der Waals surface area contributed by atoms with Crippen molar-refractivity contribution in [1.82, 2.24) is 4.98 Å². The number of thiazole rings is 1. The number of benzene rings is 4. The third kappa shape index (κ3) is 5.96. The standard InChI is InChI=1S/C32H28N2O2S/c1-22-30(37-32(33-22)26-12-6-3-7-13-26)14-8-9-23-15-17-25(18-16-23)31(36)34-28-21-27(19-20-29(28)35)24-10-4-2-5-11-24/h2-7,10-13,15-21,35H,8-9,14H2,1H3,(H,34,36). The van der Waals surface area contributed by atoms with E-state index in [1.54, 1.807) is 23.5 Å². The fourth-order valence-electron chi connectivity index (χ4n) is 4.28. The Labute approximate surface area is 221 Å². The lowest BCUT2D eigenvalue weighted by Gasteiger charge is -2.10. The summed E-state index contributed by atoms with van der Waals surface area (Å²) >= 11 is 1.77. The summed E-state index contributed by atoms with van der Waals surface area (Å²) in [5, 5.41) is 14.2. The Kier molecular flexibility index (Phi) is 7.43. The van der Waals surface area contributed by atoms with Crippen molar-refractivity contribution in [2.75, 3.05) is 5.32 Å². The fourth-order valence-corrected chi connectivity index (χ4v) is 5.39. The molecule has 0 bridgehead atoms. The van der Waals surface area contributed by atoms with Gasteiger partial charge < -0.3 is 10.4 Å². The minimum atomic E-state index is -0.249. The molecule has 0 saturated carbocycles. The number of hydrogen-bond acceptors (Lipinski definition) is 4. The van der Waals surface area contributed by atoms with Crippen molar-refractivity contribution < 1.29 is 9.90 Å². The highest BCUT2D eigenvalue weighted by Crippen LogP contribution is 2.31. The highest BCUT2D eigenvalue weighted by molar-refractivity contribution is 7.15. The maximum atomic E-state index is 12.9. The number of carbonyl (C=O) groups excluding carboxylic acids is 1. The summed E-state index contributed by atoms with van der Waals surface area (Å²) in [4.78, 5) is 18.9. The van der Waals surface area contributed by atoms with Gasteiger partial charge in [0.1, 0.15) is 10.8 Å². The molecule has 184 valence electrons. The molecule has 1 aromatic heterocycles. The molecule has 37 heavy (non-hydrogen) atoms. The van der Waals surface area contributed by atoms with Gasteiger partial charge in [0.25, 0.3) is 5.91 Å². The second kappa shape index (κ2) is 11.2. The zero-order valence-corrected chi connectivity index (χ0v) is 21.5. The summed E-state index contributed by atoms with van der Waals surface area (Å²) < 4.78 is 0. The number of phenols is 1. The first-order chi connectivity index (χ1) is 18.1. The van der Waals surface area contributed by atoms with Crippen molar-refractivity contribution in [1.29, 1.82) is 0 Å². The second-order valence-corrected chi connectivity index (χ2v) is 10.1. The molecule has 5 rings (SSSR count). The van der Waals surface area contributed by atoms with Gasteiger partial charge >= 0.3 is 0 Å². The predicted molar refractivity (Wildman–Crippen MR) is 152 cm³/mol. The van der Waals surface area contributed by atoms with Gasteiger partial charge in [-0.15, -0.1) is 11.3 Å². The van der Waals surface area contributed by atoms with E-state index in [9.17, 15) is 9.90 Å². The van der Waals surface area contributed by atoms with Crippen LogP contribution in [-0.2, 0) is 12.8 Å². The molecule has 4 aromatic carbocycles. The molecule has 0 fully saturated rings. The Hall–Kier alpha value is -4.22. The van der Waals surface area contributed by atoms with Crippen LogP contribution in [0.4, 0.5) is 5.69 Å². The number of aromatic hydroxyl groups is 1. The summed E-state index contributed by atoms with van der Waals surface area (Å²) in [5.41, 5.74) is 6.36. The van der Waals surface area contributed by atoms with Gasteiger partial charge in [0.2, 0.25) is 0 Å². The van der Waals surface area contributed by atoms with Crippen molar-refractivity contribution in [2.45, 2.75) is 26.2 Å². The molecule has 0 unspecified atom stereocenters. The molecular formula is C32H28N2O2S. The summed E-state index contributed by atoms with van der Waals surface area (Å²) in [6, 6.07) is 33.1. The van der Waals surface area contributed by atoms with E-state index >= 15 is 0 Å². The van der Waals surface area contributed by atoms with Crippen LogP contribution < -0.4 is 5.32 Å². The van der Waals surface area contributed by atoms with Gasteiger partial charge in [-0.25, -0.2) is 4.98 Å². The van der Waals surface area contributed by atoms with Gasteiger partial charge in [-0.3, -0.25) is 4.79 Å². The molecule has 0 aliphatic rings. The number of hydrogen-bond donors (Lipinski definition) is 2. The first kappa shape index (κ1) is 24.5. The Balaban J connectivity index is 1.18. The zero-order chi connectivity index (χ0) is 25.6. The first-order valence-electron chi connectivity index (χ1n) is 12.4. The number of nitrogens with one attached hydrogen (secondary N) is 1. The van der Waals surface area contributed by atoms with Gasteiger partial charge in [-0.2, -0.15) is 0 Å². The van der Waals surface area contributed by atoms with Crippen LogP contribution in [-0.4, -0.2) is 16.0 Å². The SMILES string of the molecule is Cc1nc(-c2ccccc2)sc1CCCc1ccc(C(=O)Nc2cc(-c3ccccc3)ccc2O)cc1. The maximum absolute atomic E-state index is 12.9. The van der Waals surface area contributed by atoms with E-state index in [0.717, 1.165) is 46.7 Å². The minimum absolute atomic E-state index is 0.0402. The van der Waals surface area contributed by atoms with Crippen LogP contribution in [0.25, 0.3) is 21.7 Å². The molecular weight excluding hydrogens is 476 g/mol. The van der Waals surface area contributed by atoms with Gasteiger partial charge in [0.15, 0.2) is 0 Å². The van der Waals surface area contributed by atoms with Crippen LogP contribution >= 0.6 is 11.3 Å². The van der Waals surface area contributed by atoms with Crippen molar-refractivity contribution >= 4 is 22.9 Å². The lowest BCUT2D eigenvalue weighted by molar-refractivity contribution is 0.102. The molecule has 0 aliphatic carbocycles. The van der Waals surface area contributed by atoms with Crippen LogP contribution in [0, 0.1) is 6.92 Å². The summed E-state index contributed by atoms with van der Waals surface area (Å²) in [6.07, 6.45) is 2.93. The molecule has 5 heteroatoms. The number of aromatic nitrogens is 1. The molecule has 1 heterocycles. The first-order valence-corrected chi connectivity index (χ1v) is 13.2. The lowest BCUT2D eigenvalue weighted by atomic mass is 10.0. The van der Waals surface area contributed by atoms with Crippen LogP contribution in [0.3, 0.4) is 0 Å². The highest BCUT2D eigenvalue weighted by atomic mass is 32.1. The van der Waals surface area contributed by atoms with E-state index < -0.39 is 0 Å². The Morgan fingerprint density at radius 1 is 0.811 bits per heavy atom. The smallest absolute Gasteiger partial charge is 0.255 e. The van der Waals surface area contributed by atoms with E-state index in [0.29, 0.717) is 11.3 Å². The molecule has 5 aromatic rings. The number of carbonyl (C=O) groups is 1. The van der Waals surface area contributed by atoms with Crippen molar-refractivity contribution in [3.63, 3.8) is 0 Å². The second-order valence-electron chi connectivity index (χ2n) is 9.00. The monoisotopic (exact) mass is 504 g/mol. The Morgan fingerprint density at radius 3 is 2.19 bits per heavy atom. The number of phenolic OH excluding ortho intramolecular Hbond substituents is 1. The van der Waals surface area contributed by atoms with Crippen molar-refractivity contribution in [2.24, 2.45) is 0 Å². The summed E-state index contributed by atoms with van der Waals surface area (Å²) in [6.45, 7) is 2.08. The molecule has 0 aliphatic heterocycles. The Bertz CT molecular complexity index is 1490. The normalized spacial score (nSPS) is 10.8. The van der Waals surface area contributed by atoms with Crippen LogP contribution in [0.2, 0.25) is 0 Å². The Morgan fingerprint density at radius 2 is 1.49 bits per heavy atom. The van der Waals surface area contributed by atoms with Gasteiger partial charge in [0.05, 0.1) is 11.4 Å². The summed E-state index contributed by atoms with van der Waals surface area (Å²) in [7, 11) is 0. The fraction of sp³-hybridized carbons (Fsp3) is 0.125. The molecule has 0 saturated heterocycles. The molecule has 1 amide bonds. The summed E-state index contributed by atoms with van der Waals surface area (Å²) in [5.74, 6) is -0.209. The van der Waals surface area contributed by atoms with E-state index in [2.05, 4.69) is 24.4 Å². The minimum Gasteiger partial charge on any atom is -0.506 e. The van der Waals surface area contributed by atoms with E-state index in [1.807, 2.05) is 78.9 Å². The number of aryl methyl sites for hydroxylation is 3. The average Bonchev–Trinajstić information content (AvgIpc) is 3.31. The number of rotatable bonds is 8. The highest BCUT2D eigenvalue weighted by Gasteiger charge is 2.12. The van der Waals surface area contributed by atoms with Crippen molar-refractivity contribution in [3.8, 4) is 27.4 Å². The lowest BCUT2D eigenvalue weighted by Crippen LogP contribution is -2.12. The largest absolute Gasteiger partial charge is 0.506 e. The van der Waals surface area contributed by atoms with Crippen LogP contribution in [0.15, 0.2) is 103 Å². The predicted octanol–water partition coefficient (Wildman–Crippen LogP) is 7.92. The number of anilines is 1. The number of amides is 1. The van der Waals surface area contributed by atoms with Crippen LogP contribution in [0.5, 0.6) is 5.75 Å². The zero-order valence-electron chi connectivity index (χ0n) is 20.6. The third-order valence-corrected chi connectivity index (χ3v) is 7.62. The van der Waals surface area contributed by atoms with Gasteiger partial charge in [-0.1, -0.05) is 78.9 Å². The number of nitrogens with zero attached hydrogens (tertiary/aromatic N) is 1. The van der Waals surface area contributed by atoms with Gasteiger partial charge in [-0.05, 0) is 67.1 Å². The maximum Gasteiger partial charge on any atom is 0.255 e. The van der Waals surface area contributed by atoms with E-state index in [1.165, 1.54) is 10.4 Å². The van der Waals surface area contributed by atoms with Gasteiger partial charge in [0, 0.05) is 16.0 Å². The van der Waals surface area contributed by atoms with E-state index in [4.69, 9.17) is 4.98 Å². The molecule has 4 nitrogen and oxygen atoms in total. The van der Waals surface area contributed by atoms with Crippen LogP contribution in [0.1, 0.15) is 32.9 Å². The quantitative estimate of drug-likeness (QED) is 0.211.